The Kier molecular flexibility index (Phi) is 3.41. The Balaban J connectivity index is 1.65. The highest BCUT2D eigenvalue weighted by molar-refractivity contribution is 5.49. The lowest BCUT2D eigenvalue weighted by atomic mass is 9.89. The van der Waals surface area contributed by atoms with E-state index >= 15 is 0 Å². The SMILES string of the molecule is Oc1ccc(N2CCC(c3ccccc3)CC2)cc1. The van der Waals surface area contributed by atoms with Gasteiger partial charge in [0, 0.05) is 18.8 Å². The summed E-state index contributed by atoms with van der Waals surface area (Å²) in [6.45, 7) is 2.18. The van der Waals surface area contributed by atoms with Crippen molar-refractivity contribution in [2.24, 2.45) is 0 Å². The molecule has 3 rings (SSSR count). The second-order valence-electron chi connectivity index (χ2n) is 5.19. The van der Waals surface area contributed by atoms with Crippen molar-refractivity contribution >= 4 is 5.69 Å². The zero-order chi connectivity index (χ0) is 13.1. The standard InChI is InChI=1S/C17H19NO/c19-17-8-6-16(7-9-17)18-12-10-15(11-13-18)14-4-2-1-3-5-14/h1-9,15,19H,10-13H2. The molecule has 1 saturated heterocycles. The normalized spacial score (nSPS) is 16.5. The summed E-state index contributed by atoms with van der Waals surface area (Å²) in [7, 11) is 0. The van der Waals surface area contributed by atoms with E-state index in [2.05, 4.69) is 35.2 Å². The Labute approximate surface area is 114 Å². The van der Waals surface area contributed by atoms with Crippen LogP contribution in [0.15, 0.2) is 54.6 Å². The zero-order valence-electron chi connectivity index (χ0n) is 11.0. The van der Waals surface area contributed by atoms with Crippen molar-refractivity contribution in [1.29, 1.82) is 0 Å². The van der Waals surface area contributed by atoms with Gasteiger partial charge in [0.15, 0.2) is 0 Å². The Hall–Kier alpha value is -1.96. The fourth-order valence-corrected chi connectivity index (χ4v) is 2.86. The number of anilines is 1. The van der Waals surface area contributed by atoms with E-state index < -0.39 is 0 Å². The van der Waals surface area contributed by atoms with Crippen LogP contribution in [0, 0.1) is 0 Å². The van der Waals surface area contributed by atoms with Gasteiger partial charge >= 0.3 is 0 Å². The molecule has 98 valence electrons. The summed E-state index contributed by atoms with van der Waals surface area (Å²) in [4.78, 5) is 2.40. The summed E-state index contributed by atoms with van der Waals surface area (Å²) < 4.78 is 0. The number of hydrogen-bond donors (Lipinski definition) is 1. The fraction of sp³-hybridized carbons (Fsp3) is 0.294. The van der Waals surface area contributed by atoms with Crippen LogP contribution in [-0.2, 0) is 0 Å². The maximum Gasteiger partial charge on any atom is 0.115 e. The molecule has 1 N–H and O–H groups in total. The van der Waals surface area contributed by atoms with Crippen molar-refractivity contribution in [2.75, 3.05) is 18.0 Å². The summed E-state index contributed by atoms with van der Waals surface area (Å²) >= 11 is 0. The van der Waals surface area contributed by atoms with Crippen molar-refractivity contribution in [3.63, 3.8) is 0 Å². The molecule has 2 heteroatoms. The van der Waals surface area contributed by atoms with Gasteiger partial charge in [0.05, 0.1) is 0 Å². The third-order valence-electron chi connectivity index (χ3n) is 3.98. The van der Waals surface area contributed by atoms with Crippen molar-refractivity contribution in [1.82, 2.24) is 0 Å². The average Bonchev–Trinajstić information content (AvgIpc) is 2.49. The van der Waals surface area contributed by atoms with Crippen LogP contribution in [0.3, 0.4) is 0 Å². The van der Waals surface area contributed by atoms with Gasteiger partial charge < -0.3 is 10.0 Å². The molecule has 2 aromatic carbocycles. The molecule has 19 heavy (non-hydrogen) atoms. The van der Waals surface area contributed by atoms with Crippen LogP contribution in [0.5, 0.6) is 5.75 Å². The Bertz CT molecular complexity index is 513. The minimum Gasteiger partial charge on any atom is -0.508 e. The maximum absolute atomic E-state index is 9.33. The smallest absolute Gasteiger partial charge is 0.115 e. The van der Waals surface area contributed by atoms with E-state index in [9.17, 15) is 5.11 Å². The van der Waals surface area contributed by atoms with E-state index in [1.807, 2.05) is 12.1 Å². The molecule has 0 aliphatic carbocycles. The van der Waals surface area contributed by atoms with E-state index in [1.54, 1.807) is 12.1 Å². The Morgan fingerprint density at radius 3 is 2.11 bits per heavy atom. The van der Waals surface area contributed by atoms with Crippen LogP contribution < -0.4 is 4.90 Å². The molecule has 1 fully saturated rings. The van der Waals surface area contributed by atoms with E-state index in [1.165, 1.54) is 24.1 Å². The maximum atomic E-state index is 9.33. The summed E-state index contributed by atoms with van der Waals surface area (Å²) in [5, 5.41) is 9.33. The summed E-state index contributed by atoms with van der Waals surface area (Å²) in [6, 6.07) is 18.3. The first kappa shape index (κ1) is 12.1. The van der Waals surface area contributed by atoms with Crippen LogP contribution in [0.4, 0.5) is 5.69 Å². The number of piperidine rings is 1. The second-order valence-corrected chi connectivity index (χ2v) is 5.19. The van der Waals surface area contributed by atoms with Crippen LogP contribution in [0.2, 0.25) is 0 Å². The molecule has 1 heterocycles. The third kappa shape index (κ3) is 2.73. The number of hydrogen-bond acceptors (Lipinski definition) is 2. The lowest BCUT2D eigenvalue weighted by Gasteiger charge is -2.33. The predicted octanol–water partition coefficient (Wildman–Crippen LogP) is 3.78. The van der Waals surface area contributed by atoms with Crippen LogP contribution in [-0.4, -0.2) is 18.2 Å². The molecule has 0 saturated carbocycles. The molecule has 1 aliphatic heterocycles. The minimum atomic E-state index is 0.336. The van der Waals surface area contributed by atoms with Gasteiger partial charge in [0.25, 0.3) is 0 Å². The molecule has 0 spiro atoms. The number of rotatable bonds is 2. The van der Waals surface area contributed by atoms with Gasteiger partial charge in [-0.1, -0.05) is 30.3 Å². The molecular formula is C17H19NO. The van der Waals surface area contributed by atoms with Crippen LogP contribution in [0.25, 0.3) is 0 Å². The first-order valence-electron chi connectivity index (χ1n) is 6.92. The van der Waals surface area contributed by atoms with E-state index in [0.29, 0.717) is 11.7 Å². The van der Waals surface area contributed by atoms with Crippen LogP contribution >= 0.6 is 0 Å². The molecule has 0 bridgehead atoms. The van der Waals surface area contributed by atoms with Gasteiger partial charge in [-0.3, -0.25) is 0 Å². The molecule has 0 atom stereocenters. The van der Waals surface area contributed by atoms with Crippen molar-refractivity contribution in [2.45, 2.75) is 18.8 Å². The highest BCUT2D eigenvalue weighted by atomic mass is 16.3. The zero-order valence-corrected chi connectivity index (χ0v) is 11.0. The Morgan fingerprint density at radius 1 is 0.842 bits per heavy atom. The van der Waals surface area contributed by atoms with Crippen molar-refractivity contribution in [3.8, 4) is 5.75 Å². The summed E-state index contributed by atoms with van der Waals surface area (Å²) in [6.07, 6.45) is 2.40. The average molecular weight is 253 g/mol. The van der Waals surface area contributed by atoms with Gasteiger partial charge in [-0.15, -0.1) is 0 Å². The number of aromatic hydroxyl groups is 1. The second kappa shape index (κ2) is 5.35. The van der Waals surface area contributed by atoms with E-state index in [4.69, 9.17) is 0 Å². The lowest BCUT2D eigenvalue weighted by Crippen LogP contribution is -2.32. The van der Waals surface area contributed by atoms with Crippen LogP contribution in [0.1, 0.15) is 24.3 Å². The number of benzene rings is 2. The molecule has 0 unspecified atom stereocenters. The molecule has 2 nitrogen and oxygen atoms in total. The van der Waals surface area contributed by atoms with Gasteiger partial charge in [0.2, 0.25) is 0 Å². The quantitative estimate of drug-likeness (QED) is 0.880. The van der Waals surface area contributed by atoms with Crippen molar-refractivity contribution in [3.05, 3.63) is 60.2 Å². The monoisotopic (exact) mass is 253 g/mol. The summed E-state index contributed by atoms with van der Waals surface area (Å²) in [5.74, 6) is 1.03. The first-order valence-corrected chi connectivity index (χ1v) is 6.92. The molecule has 0 radical (unpaired) electrons. The molecule has 1 aliphatic rings. The highest BCUT2D eigenvalue weighted by Gasteiger charge is 2.20. The lowest BCUT2D eigenvalue weighted by molar-refractivity contribution is 0.474. The highest BCUT2D eigenvalue weighted by Crippen LogP contribution is 2.30. The topological polar surface area (TPSA) is 23.5 Å². The van der Waals surface area contributed by atoms with Crippen molar-refractivity contribution < 1.29 is 5.11 Å². The summed E-state index contributed by atoms with van der Waals surface area (Å²) in [5.41, 5.74) is 2.68. The molecular weight excluding hydrogens is 234 g/mol. The molecule has 2 aromatic rings. The Morgan fingerprint density at radius 2 is 1.47 bits per heavy atom. The largest absolute Gasteiger partial charge is 0.508 e. The minimum absolute atomic E-state index is 0.336. The number of phenolic OH excluding ortho intramolecular Hbond substituents is 1. The van der Waals surface area contributed by atoms with Gasteiger partial charge in [-0.05, 0) is 48.6 Å². The molecule has 0 amide bonds. The fourth-order valence-electron chi connectivity index (χ4n) is 2.86. The first-order chi connectivity index (χ1) is 9.33. The third-order valence-corrected chi connectivity index (χ3v) is 3.98. The van der Waals surface area contributed by atoms with Gasteiger partial charge in [0.1, 0.15) is 5.75 Å². The molecule has 0 aromatic heterocycles. The van der Waals surface area contributed by atoms with Gasteiger partial charge in [-0.25, -0.2) is 0 Å². The predicted molar refractivity (Wildman–Crippen MR) is 78.7 cm³/mol. The van der Waals surface area contributed by atoms with E-state index in [0.717, 1.165) is 13.1 Å². The van der Waals surface area contributed by atoms with Gasteiger partial charge in [-0.2, -0.15) is 0 Å². The van der Waals surface area contributed by atoms with E-state index in [-0.39, 0.29) is 0 Å². The number of nitrogens with zero attached hydrogens (tertiary/aromatic N) is 1. The number of phenols is 1.